The van der Waals surface area contributed by atoms with Crippen molar-refractivity contribution in [1.29, 1.82) is 0 Å². The average Bonchev–Trinajstić information content (AvgIpc) is 1.82. The van der Waals surface area contributed by atoms with E-state index in [0.717, 1.165) is 0 Å². The van der Waals surface area contributed by atoms with Gasteiger partial charge in [-0.1, -0.05) is 0 Å². The summed E-state index contributed by atoms with van der Waals surface area (Å²) < 4.78 is 8.37. The molecule has 0 radical (unpaired) electrons. The molecule has 0 saturated carbocycles. The third-order valence-electron chi connectivity index (χ3n) is 0.657. The molecule has 0 heterocycles. The van der Waals surface area contributed by atoms with Crippen LogP contribution < -0.4 is 17.2 Å². The van der Waals surface area contributed by atoms with Gasteiger partial charge in [0.2, 0.25) is 0 Å². The lowest BCUT2D eigenvalue weighted by atomic mass is 10.6. The summed E-state index contributed by atoms with van der Waals surface area (Å²) in [4.78, 5) is 20.0. The Balaban J connectivity index is 3.44. The van der Waals surface area contributed by atoms with Gasteiger partial charge in [0.05, 0.1) is 0 Å². The fourth-order valence-electron chi connectivity index (χ4n) is 0.347. The van der Waals surface area contributed by atoms with Gasteiger partial charge in [-0.25, -0.2) is 9.59 Å². The quantitative estimate of drug-likeness (QED) is 0.434. The van der Waals surface area contributed by atoms with Crippen molar-refractivity contribution in [2.75, 3.05) is 6.61 Å². The predicted octanol–water partition coefficient (Wildman–Crippen LogP) is -1.54. The van der Waals surface area contributed by atoms with Crippen LogP contribution in [0.4, 0.5) is 9.59 Å². The Morgan fingerprint density at radius 3 is 2.18 bits per heavy atom. The summed E-state index contributed by atoms with van der Waals surface area (Å²) >= 11 is 0. The zero-order valence-corrected chi connectivity index (χ0v) is 5.65. The number of nitrogens with two attached hydrogens (primary N) is 3. The molecule has 1 unspecified atom stereocenters. The molecule has 0 aromatic heterocycles. The normalized spacial score (nSPS) is 11.7. The Kier molecular flexibility index (Phi) is 3.75. The molecule has 0 aromatic carbocycles. The summed E-state index contributed by atoms with van der Waals surface area (Å²) in [5.41, 5.74) is 14.2. The lowest BCUT2D eigenvalue weighted by molar-refractivity contribution is 0.0551. The zero-order chi connectivity index (χ0) is 8.85. The summed E-state index contributed by atoms with van der Waals surface area (Å²) in [5, 5.41) is 0. The maximum absolute atomic E-state index is 10.0. The first-order valence-corrected chi connectivity index (χ1v) is 2.66. The average molecular weight is 163 g/mol. The molecule has 0 saturated heterocycles. The Morgan fingerprint density at radius 1 is 1.27 bits per heavy atom. The first-order chi connectivity index (χ1) is 5.02. The molecule has 0 aliphatic heterocycles. The summed E-state index contributed by atoms with van der Waals surface area (Å²) in [6.45, 7) is -0.307. The third kappa shape index (κ3) is 6.38. The molecule has 7 nitrogen and oxygen atoms in total. The molecule has 0 spiro atoms. The molecule has 0 aliphatic carbocycles. The Bertz CT molecular complexity index is 159. The van der Waals surface area contributed by atoms with E-state index in [2.05, 4.69) is 20.9 Å². The topological polar surface area (TPSA) is 131 Å². The van der Waals surface area contributed by atoms with E-state index < -0.39 is 18.4 Å². The van der Waals surface area contributed by atoms with Crippen LogP contribution in [0.2, 0.25) is 0 Å². The highest BCUT2D eigenvalue weighted by atomic mass is 16.6. The van der Waals surface area contributed by atoms with Crippen molar-refractivity contribution in [3.63, 3.8) is 0 Å². The second kappa shape index (κ2) is 4.34. The Hall–Kier alpha value is -1.50. The van der Waals surface area contributed by atoms with Crippen LogP contribution in [0.3, 0.4) is 0 Å². The molecule has 64 valence electrons. The van der Waals surface area contributed by atoms with Gasteiger partial charge in [-0.2, -0.15) is 0 Å². The van der Waals surface area contributed by atoms with Gasteiger partial charge in [0, 0.05) is 0 Å². The van der Waals surface area contributed by atoms with E-state index in [1.54, 1.807) is 0 Å². The van der Waals surface area contributed by atoms with E-state index in [1.807, 2.05) is 0 Å². The minimum absolute atomic E-state index is 0.307. The molecule has 0 aromatic rings. The highest BCUT2D eigenvalue weighted by Gasteiger charge is 2.07. The van der Waals surface area contributed by atoms with Crippen LogP contribution >= 0.6 is 0 Å². The monoisotopic (exact) mass is 163 g/mol. The van der Waals surface area contributed by atoms with E-state index >= 15 is 0 Å². The van der Waals surface area contributed by atoms with Crippen molar-refractivity contribution in [2.24, 2.45) is 17.2 Å². The minimum Gasteiger partial charge on any atom is -0.444 e. The van der Waals surface area contributed by atoms with Gasteiger partial charge in [0.25, 0.3) is 0 Å². The van der Waals surface area contributed by atoms with E-state index in [0.29, 0.717) is 0 Å². The SMILES string of the molecule is NC(=O)OCC(N)OC(N)=O. The number of carbonyl (C=O) groups excluding carboxylic acids is 2. The molecular formula is C4H9N3O4. The van der Waals surface area contributed by atoms with Crippen molar-refractivity contribution in [1.82, 2.24) is 0 Å². The number of hydrogen-bond donors (Lipinski definition) is 3. The minimum atomic E-state index is -1.07. The van der Waals surface area contributed by atoms with Crippen molar-refractivity contribution in [3.05, 3.63) is 0 Å². The molecule has 1 atom stereocenters. The summed E-state index contributed by atoms with van der Waals surface area (Å²) in [6, 6.07) is 0. The van der Waals surface area contributed by atoms with E-state index in [9.17, 15) is 9.59 Å². The largest absolute Gasteiger partial charge is 0.444 e. The smallest absolute Gasteiger partial charge is 0.406 e. The van der Waals surface area contributed by atoms with E-state index in [1.165, 1.54) is 0 Å². The lowest BCUT2D eigenvalue weighted by Crippen LogP contribution is -2.35. The summed E-state index contributed by atoms with van der Waals surface area (Å²) in [7, 11) is 0. The zero-order valence-electron chi connectivity index (χ0n) is 5.65. The molecule has 2 amide bonds. The Morgan fingerprint density at radius 2 is 1.82 bits per heavy atom. The second-order valence-corrected chi connectivity index (χ2v) is 1.61. The fourth-order valence-corrected chi connectivity index (χ4v) is 0.347. The van der Waals surface area contributed by atoms with E-state index in [4.69, 9.17) is 5.73 Å². The van der Waals surface area contributed by atoms with Crippen LogP contribution in [-0.4, -0.2) is 25.0 Å². The van der Waals surface area contributed by atoms with Gasteiger partial charge in [0.15, 0.2) is 6.23 Å². The number of primary amides is 2. The van der Waals surface area contributed by atoms with Gasteiger partial charge in [-0.15, -0.1) is 0 Å². The highest BCUT2D eigenvalue weighted by molar-refractivity contribution is 5.65. The predicted molar refractivity (Wildman–Crippen MR) is 34.2 cm³/mol. The van der Waals surface area contributed by atoms with Gasteiger partial charge in [-0.05, 0) is 0 Å². The van der Waals surface area contributed by atoms with Crippen molar-refractivity contribution < 1.29 is 19.1 Å². The first-order valence-electron chi connectivity index (χ1n) is 2.66. The third-order valence-corrected chi connectivity index (χ3v) is 0.657. The molecule has 0 bridgehead atoms. The van der Waals surface area contributed by atoms with Crippen LogP contribution in [-0.2, 0) is 9.47 Å². The van der Waals surface area contributed by atoms with Crippen LogP contribution in [0.15, 0.2) is 0 Å². The summed E-state index contributed by atoms with van der Waals surface area (Å²) in [5.74, 6) is 0. The van der Waals surface area contributed by atoms with Crippen molar-refractivity contribution in [2.45, 2.75) is 6.23 Å². The van der Waals surface area contributed by atoms with Crippen LogP contribution in [0.5, 0.6) is 0 Å². The number of carbonyl (C=O) groups is 2. The first kappa shape index (κ1) is 9.50. The Labute approximate surface area is 62.4 Å². The fraction of sp³-hybridized carbons (Fsp3) is 0.500. The summed E-state index contributed by atoms with van der Waals surface area (Å²) in [6.07, 6.45) is -3.10. The van der Waals surface area contributed by atoms with Gasteiger partial charge in [-0.3, -0.25) is 5.73 Å². The molecule has 0 aliphatic rings. The number of rotatable bonds is 3. The molecule has 6 N–H and O–H groups in total. The van der Waals surface area contributed by atoms with Gasteiger partial charge >= 0.3 is 12.2 Å². The molecule has 11 heavy (non-hydrogen) atoms. The van der Waals surface area contributed by atoms with Crippen molar-refractivity contribution >= 4 is 12.2 Å². The molecular weight excluding hydrogens is 154 g/mol. The van der Waals surface area contributed by atoms with Crippen LogP contribution in [0.25, 0.3) is 0 Å². The van der Waals surface area contributed by atoms with Gasteiger partial charge in [0.1, 0.15) is 6.61 Å². The number of ether oxygens (including phenoxy) is 2. The second-order valence-electron chi connectivity index (χ2n) is 1.61. The molecule has 0 rings (SSSR count). The maximum Gasteiger partial charge on any atom is 0.406 e. The molecule has 0 fully saturated rings. The number of amides is 2. The molecule has 7 heteroatoms. The van der Waals surface area contributed by atoms with Gasteiger partial charge < -0.3 is 20.9 Å². The lowest BCUT2D eigenvalue weighted by Gasteiger charge is -2.09. The maximum atomic E-state index is 10.0. The number of hydrogen-bond acceptors (Lipinski definition) is 5. The van der Waals surface area contributed by atoms with E-state index in [-0.39, 0.29) is 6.61 Å². The highest BCUT2D eigenvalue weighted by Crippen LogP contribution is 1.84. The standard InChI is InChI=1S/C4H9N3O4/c5-2(11-4(7)9)1-10-3(6)8/h2H,1,5H2,(H2,6,8)(H2,7,9). The van der Waals surface area contributed by atoms with Crippen LogP contribution in [0, 0.1) is 0 Å². The van der Waals surface area contributed by atoms with Crippen molar-refractivity contribution in [3.8, 4) is 0 Å². The van der Waals surface area contributed by atoms with Crippen LogP contribution in [0.1, 0.15) is 0 Å².